The van der Waals surface area contributed by atoms with Crippen LogP contribution in [0.2, 0.25) is 0 Å². The zero-order valence-corrected chi connectivity index (χ0v) is 17.9. The standard InChI is InChI=1S/C22H18F4N6O3/c23-19-3-1-2-15(29-19)20-16(10-32(31-20)13-6-14(7-13)34-11-22(24,25)26)30-21(33)18-5-4-17(35-18)12-8-27-28-9-12/h1-5,8-10,13-14H,6-7,11H2,(H,27,28)(H,30,33)/t13-,14+. The van der Waals surface area contributed by atoms with Gasteiger partial charge >= 0.3 is 6.18 Å². The molecule has 1 saturated carbocycles. The zero-order chi connectivity index (χ0) is 24.6. The van der Waals surface area contributed by atoms with E-state index in [2.05, 4.69) is 25.6 Å². The zero-order valence-electron chi connectivity index (χ0n) is 17.9. The highest BCUT2D eigenvalue weighted by molar-refractivity contribution is 6.04. The number of rotatable bonds is 7. The second-order valence-corrected chi connectivity index (χ2v) is 8.00. The van der Waals surface area contributed by atoms with Gasteiger partial charge in [0.25, 0.3) is 5.91 Å². The van der Waals surface area contributed by atoms with Gasteiger partial charge in [0.05, 0.1) is 35.3 Å². The number of alkyl halides is 3. The van der Waals surface area contributed by atoms with Crippen molar-refractivity contribution in [3.05, 3.63) is 60.6 Å². The molecular formula is C22H18F4N6O3. The highest BCUT2D eigenvalue weighted by Gasteiger charge is 2.37. The van der Waals surface area contributed by atoms with Gasteiger partial charge in [0.15, 0.2) is 5.76 Å². The quantitative estimate of drug-likeness (QED) is 0.289. The maximum Gasteiger partial charge on any atom is 0.411 e. The van der Waals surface area contributed by atoms with Crippen molar-refractivity contribution in [2.45, 2.75) is 31.2 Å². The summed E-state index contributed by atoms with van der Waals surface area (Å²) in [5, 5.41) is 13.6. The van der Waals surface area contributed by atoms with E-state index in [1.807, 2.05) is 0 Å². The van der Waals surface area contributed by atoms with Crippen LogP contribution in [0.4, 0.5) is 23.2 Å². The van der Waals surface area contributed by atoms with Gasteiger partial charge in [-0.05, 0) is 37.1 Å². The number of halogens is 4. The van der Waals surface area contributed by atoms with Crippen LogP contribution in [-0.2, 0) is 4.74 Å². The number of aromatic amines is 1. The summed E-state index contributed by atoms with van der Waals surface area (Å²) in [6.45, 7) is -1.31. The lowest BCUT2D eigenvalue weighted by molar-refractivity contribution is -0.196. The summed E-state index contributed by atoms with van der Waals surface area (Å²) in [5.41, 5.74) is 1.30. The van der Waals surface area contributed by atoms with Crippen LogP contribution in [0.3, 0.4) is 0 Å². The Morgan fingerprint density at radius 3 is 2.80 bits per heavy atom. The summed E-state index contributed by atoms with van der Waals surface area (Å²) in [7, 11) is 0. The number of carbonyl (C=O) groups excluding carboxylic acids is 1. The van der Waals surface area contributed by atoms with Crippen molar-refractivity contribution >= 4 is 11.6 Å². The Labute approximate surface area is 195 Å². The molecule has 182 valence electrons. The lowest BCUT2D eigenvalue weighted by Gasteiger charge is -2.35. The number of nitrogens with zero attached hydrogens (tertiary/aromatic N) is 4. The Morgan fingerprint density at radius 2 is 2.09 bits per heavy atom. The van der Waals surface area contributed by atoms with E-state index in [1.165, 1.54) is 35.1 Å². The molecule has 35 heavy (non-hydrogen) atoms. The molecule has 0 aromatic carbocycles. The fourth-order valence-corrected chi connectivity index (χ4v) is 3.69. The van der Waals surface area contributed by atoms with Crippen LogP contribution in [0.15, 0.2) is 53.3 Å². The Hall–Kier alpha value is -4.00. The monoisotopic (exact) mass is 490 g/mol. The van der Waals surface area contributed by atoms with Gasteiger partial charge < -0.3 is 14.5 Å². The average Bonchev–Trinajstić information content (AvgIpc) is 3.52. The number of carbonyl (C=O) groups is 1. The van der Waals surface area contributed by atoms with Gasteiger partial charge in [-0.1, -0.05) is 6.07 Å². The summed E-state index contributed by atoms with van der Waals surface area (Å²) in [6.07, 6.45) is 0.369. The molecule has 1 aliphatic rings. The number of ether oxygens (including phenoxy) is 1. The Morgan fingerprint density at radius 1 is 1.26 bits per heavy atom. The van der Waals surface area contributed by atoms with Crippen LogP contribution in [-0.4, -0.2) is 49.8 Å². The number of amides is 1. The van der Waals surface area contributed by atoms with Crippen molar-refractivity contribution in [1.82, 2.24) is 25.0 Å². The maximum atomic E-state index is 13.8. The van der Waals surface area contributed by atoms with Gasteiger partial charge in [-0.15, -0.1) is 0 Å². The van der Waals surface area contributed by atoms with Gasteiger partial charge in [0.1, 0.15) is 18.1 Å². The second kappa shape index (κ2) is 8.98. The summed E-state index contributed by atoms with van der Waals surface area (Å²) in [5.74, 6) is -0.839. The van der Waals surface area contributed by atoms with Crippen molar-refractivity contribution < 1.29 is 31.5 Å². The molecule has 9 nitrogen and oxygen atoms in total. The number of hydrogen-bond donors (Lipinski definition) is 2. The lowest BCUT2D eigenvalue weighted by Crippen LogP contribution is -2.36. The van der Waals surface area contributed by atoms with Crippen molar-refractivity contribution in [3.8, 4) is 22.7 Å². The molecule has 1 amide bonds. The third-order valence-electron chi connectivity index (χ3n) is 5.48. The van der Waals surface area contributed by atoms with E-state index in [9.17, 15) is 22.4 Å². The first-order valence-corrected chi connectivity index (χ1v) is 10.6. The molecule has 0 saturated heterocycles. The third kappa shape index (κ3) is 5.09. The molecule has 0 atom stereocenters. The van der Waals surface area contributed by atoms with E-state index in [0.29, 0.717) is 24.2 Å². The van der Waals surface area contributed by atoms with Crippen LogP contribution < -0.4 is 5.32 Å². The number of pyridine rings is 1. The van der Waals surface area contributed by atoms with E-state index in [4.69, 9.17) is 9.15 Å². The fraction of sp³-hybridized carbons (Fsp3) is 0.273. The van der Waals surface area contributed by atoms with Gasteiger partial charge in [0, 0.05) is 12.4 Å². The molecule has 4 heterocycles. The van der Waals surface area contributed by atoms with Gasteiger partial charge in [-0.25, -0.2) is 4.98 Å². The SMILES string of the molecule is O=C(Nc1cn([C@H]2C[C@@H](OCC(F)(F)F)C2)nc1-c1cccc(F)n1)c1ccc(-c2cn[nH]c2)o1. The molecule has 0 bridgehead atoms. The molecule has 0 spiro atoms. The van der Waals surface area contributed by atoms with Crippen molar-refractivity contribution in [2.24, 2.45) is 0 Å². The molecule has 13 heteroatoms. The van der Waals surface area contributed by atoms with E-state index < -0.39 is 30.7 Å². The molecular weight excluding hydrogens is 472 g/mol. The highest BCUT2D eigenvalue weighted by Crippen LogP contribution is 2.37. The highest BCUT2D eigenvalue weighted by atomic mass is 19.4. The first-order valence-electron chi connectivity index (χ1n) is 10.6. The van der Waals surface area contributed by atoms with E-state index >= 15 is 0 Å². The molecule has 0 unspecified atom stereocenters. The van der Waals surface area contributed by atoms with Crippen molar-refractivity contribution in [3.63, 3.8) is 0 Å². The maximum absolute atomic E-state index is 13.8. The molecule has 2 N–H and O–H groups in total. The van der Waals surface area contributed by atoms with Gasteiger partial charge in [-0.3, -0.25) is 14.6 Å². The van der Waals surface area contributed by atoms with E-state index in [0.717, 1.165) is 0 Å². The average molecular weight is 490 g/mol. The Bertz CT molecular complexity index is 1330. The smallest absolute Gasteiger partial charge is 0.411 e. The summed E-state index contributed by atoms with van der Waals surface area (Å²) >= 11 is 0. The Kier molecular flexibility index (Phi) is 5.84. The topological polar surface area (TPSA) is 111 Å². The normalized spacial score (nSPS) is 17.8. The molecule has 0 aliphatic heterocycles. The lowest BCUT2D eigenvalue weighted by atomic mass is 9.89. The van der Waals surface area contributed by atoms with Gasteiger partial charge in [0.2, 0.25) is 5.95 Å². The van der Waals surface area contributed by atoms with E-state index in [-0.39, 0.29) is 28.9 Å². The molecule has 1 fully saturated rings. The molecule has 0 radical (unpaired) electrons. The Balaban J connectivity index is 1.35. The van der Waals surface area contributed by atoms with Crippen LogP contribution in [0.5, 0.6) is 0 Å². The largest absolute Gasteiger partial charge is 0.451 e. The number of furan rings is 1. The third-order valence-corrected chi connectivity index (χ3v) is 5.48. The van der Waals surface area contributed by atoms with E-state index in [1.54, 1.807) is 18.5 Å². The molecule has 4 aromatic rings. The van der Waals surface area contributed by atoms with Crippen LogP contribution in [0.25, 0.3) is 22.7 Å². The summed E-state index contributed by atoms with van der Waals surface area (Å²) < 4.78 is 62.9. The summed E-state index contributed by atoms with van der Waals surface area (Å²) in [6, 6.07) is 7.03. The predicted molar refractivity (Wildman–Crippen MR) is 114 cm³/mol. The van der Waals surface area contributed by atoms with Gasteiger partial charge in [-0.2, -0.15) is 27.8 Å². The number of aromatic nitrogens is 5. The first-order chi connectivity index (χ1) is 16.7. The predicted octanol–water partition coefficient (Wildman–Crippen LogP) is 4.60. The molecule has 5 rings (SSSR count). The van der Waals surface area contributed by atoms with Crippen molar-refractivity contribution in [1.29, 1.82) is 0 Å². The van der Waals surface area contributed by atoms with Crippen LogP contribution >= 0.6 is 0 Å². The van der Waals surface area contributed by atoms with Crippen molar-refractivity contribution in [2.75, 3.05) is 11.9 Å². The minimum atomic E-state index is -4.40. The fourth-order valence-electron chi connectivity index (χ4n) is 3.69. The summed E-state index contributed by atoms with van der Waals surface area (Å²) in [4.78, 5) is 16.7. The molecule has 4 aromatic heterocycles. The number of nitrogens with one attached hydrogen (secondary N) is 2. The van der Waals surface area contributed by atoms with Crippen LogP contribution in [0, 0.1) is 5.95 Å². The first kappa shape index (κ1) is 22.8. The number of anilines is 1. The second-order valence-electron chi connectivity index (χ2n) is 8.00. The minimum absolute atomic E-state index is 0.0244. The number of hydrogen-bond acceptors (Lipinski definition) is 6. The molecule has 1 aliphatic carbocycles. The number of H-pyrrole nitrogens is 1. The minimum Gasteiger partial charge on any atom is -0.451 e. The van der Waals surface area contributed by atoms with Crippen LogP contribution in [0.1, 0.15) is 29.4 Å².